The van der Waals surface area contributed by atoms with Gasteiger partial charge in [0, 0.05) is 48.6 Å². The molecule has 2 heterocycles. The number of nitrogens with zero attached hydrogens (tertiary/aromatic N) is 2. The number of thiophene rings is 1. The van der Waals surface area contributed by atoms with Crippen LogP contribution in [0.3, 0.4) is 0 Å². The lowest BCUT2D eigenvalue weighted by molar-refractivity contribution is 0.465. The molecule has 0 saturated heterocycles. The van der Waals surface area contributed by atoms with Crippen LogP contribution >= 0.6 is 11.3 Å². The van der Waals surface area contributed by atoms with Crippen LogP contribution in [-0.4, -0.2) is 10.4 Å². The Morgan fingerprint density at radius 2 is 1.26 bits per heavy atom. The molecule has 0 aliphatic rings. The van der Waals surface area contributed by atoms with Crippen molar-refractivity contribution in [3.8, 4) is 16.8 Å². The first kappa shape index (κ1) is 30.1. The molecular formula is C45H34N4S. The van der Waals surface area contributed by atoms with Gasteiger partial charge in [-0.3, -0.25) is 0 Å². The molecule has 4 N–H and O–H groups in total. The molecule has 9 aromatic rings. The second-order valence-electron chi connectivity index (χ2n) is 12.9. The highest BCUT2D eigenvalue weighted by molar-refractivity contribution is 7.25. The van der Waals surface area contributed by atoms with Crippen LogP contribution in [0, 0.1) is 0 Å². The van der Waals surface area contributed by atoms with Crippen molar-refractivity contribution in [3.05, 3.63) is 187 Å². The third-order valence-electron chi connectivity index (χ3n) is 9.68. The first-order chi connectivity index (χ1) is 24.5. The molecule has 0 aliphatic carbocycles. The largest absolute Gasteiger partial charge is 0.383 e. The molecule has 0 saturated carbocycles. The van der Waals surface area contributed by atoms with Crippen molar-refractivity contribution in [2.45, 2.75) is 12.1 Å². The van der Waals surface area contributed by atoms with Gasteiger partial charge < -0.3 is 16.0 Å². The molecule has 0 aliphatic heterocycles. The molecule has 9 rings (SSSR count). The summed E-state index contributed by atoms with van der Waals surface area (Å²) in [4.78, 5) is 5.16. The van der Waals surface area contributed by atoms with Crippen molar-refractivity contribution in [2.24, 2.45) is 16.5 Å². The first-order valence-corrected chi connectivity index (χ1v) is 17.7. The van der Waals surface area contributed by atoms with Crippen LogP contribution in [0.2, 0.25) is 0 Å². The molecule has 2 aromatic heterocycles. The smallest absolute Gasteiger partial charge is 0.140 e. The lowest BCUT2D eigenvalue weighted by atomic mass is 9.92. The summed E-state index contributed by atoms with van der Waals surface area (Å²) in [7, 11) is 0. The fraction of sp³-hybridized carbons (Fsp3) is 0.0444. The SMILES string of the molecule is NC(=N[C@](N)(Cc1ccccc1)c1cccc(-n2c3ccccc3c3cc4sc5ccccc5c4cc32)c1)c1cccc(-c2ccccc2)c1. The summed E-state index contributed by atoms with van der Waals surface area (Å²) in [5.74, 6) is 0.398. The number of hydrogen-bond acceptors (Lipinski definition) is 3. The van der Waals surface area contributed by atoms with E-state index in [1.165, 1.54) is 30.9 Å². The van der Waals surface area contributed by atoms with E-state index < -0.39 is 5.66 Å². The van der Waals surface area contributed by atoms with Crippen molar-refractivity contribution in [1.82, 2.24) is 4.57 Å². The van der Waals surface area contributed by atoms with Gasteiger partial charge in [0.25, 0.3) is 0 Å². The third-order valence-corrected chi connectivity index (χ3v) is 10.8. The lowest BCUT2D eigenvalue weighted by Gasteiger charge is -2.28. The quantitative estimate of drug-likeness (QED) is 0.132. The molecule has 7 aromatic carbocycles. The predicted molar refractivity (Wildman–Crippen MR) is 212 cm³/mol. The zero-order valence-electron chi connectivity index (χ0n) is 27.3. The maximum Gasteiger partial charge on any atom is 0.140 e. The van der Waals surface area contributed by atoms with Crippen LogP contribution in [0.5, 0.6) is 0 Å². The van der Waals surface area contributed by atoms with Gasteiger partial charge in [0.2, 0.25) is 0 Å². The molecule has 1 atom stereocenters. The number of rotatable bonds is 7. The van der Waals surface area contributed by atoms with Gasteiger partial charge >= 0.3 is 0 Å². The van der Waals surface area contributed by atoms with Crippen LogP contribution in [0.15, 0.2) is 175 Å². The zero-order valence-corrected chi connectivity index (χ0v) is 28.1. The summed E-state index contributed by atoms with van der Waals surface area (Å²) in [5, 5.41) is 5.00. The summed E-state index contributed by atoms with van der Waals surface area (Å²) in [6.07, 6.45) is 0.477. The number of aromatic nitrogens is 1. The standard InChI is InChI=1S/C45H34N4S/c46-44(33-18-11-17-32(25-33)31-15-5-2-6-16-31)48-45(47,29-30-13-3-1-4-14-30)34-19-12-20-35(26-34)49-40-23-9-7-21-36(40)38-28-43-39(27-41(38)49)37-22-8-10-24-42(37)50-43/h1-28H,29,47H2,(H2,46,48)/t45-/m1/s1. The van der Waals surface area contributed by atoms with Gasteiger partial charge in [0.15, 0.2) is 0 Å². The molecule has 0 spiro atoms. The highest BCUT2D eigenvalue weighted by Crippen LogP contribution is 2.41. The number of fused-ring (bicyclic) bond motifs is 6. The van der Waals surface area contributed by atoms with Gasteiger partial charge in [-0.1, -0.05) is 127 Å². The molecule has 50 heavy (non-hydrogen) atoms. The molecule has 0 fully saturated rings. The van der Waals surface area contributed by atoms with E-state index in [-0.39, 0.29) is 0 Å². The molecule has 5 heteroatoms. The van der Waals surface area contributed by atoms with Gasteiger partial charge in [-0.2, -0.15) is 0 Å². The van der Waals surface area contributed by atoms with Crippen LogP contribution in [0.25, 0.3) is 58.8 Å². The summed E-state index contributed by atoms with van der Waals surface area (Å²) in [6, 6.07) is 59.3. The van der Waals surface area contributed by atoms with Crippen molar-refractivity contribution < 1.29 is 0 Å². The maximum absolute atomic E-state index is 7.43. The Kier molecular flexibility index (Phi) is 7.31. The zero-order chi connectivity index (χ0) is 33.7. The van der Waals surface area contributed by atoms with Crippen LogP contribution in [0.1, 0.15) is 16.7 Å². The molecule has 240 valence electrons. The van der Waals surface area contributed by atoms with Crippen molar-refractivity contribution in [2.75, 3.05) is 0 Å². The number of nitrogens with two attached hydrogens (primary N) is 2. The van der Waals surface area contributed by atoms with Crippen molar-refractivity contribution in [1.29, 1.82) is 0 Å². The van der Waals surface area contributed by atoms with E-state index in [1.807, 2.05) is 59.9 Å². The van der Waals surface area contributed by atoms with Crippen molar-refractivity contribution in [3.63, 3.8) is 0 Å². The number of para-hydroxylation sites is 1. The molecule has 0 radical (unpaired) electrons. The highest BCUT2D eigenvalue weighted by atomic mass is 32.1. The third kappa shape index (κ3) is 5.24. The van der Waals surface area contributed by atoms with Crippen LogP contribution < -0.4 is 11.5 Å². The molecule has 0 unspecified atom stereocenters. The lowest BCUT2D eigenvalue weighted by Crippen LogP contribution is -2.39. The second-order valence-corrected chi connectivity index (χ2v) is 14.0. The highest BCUT2D eigenvalue weighted by Gasteiger charge is 2.29. The van der Waals surface area contributed by atoms with Gasteiger partial charge in [-0.15, -0.1) is 11.3 Å². The fourth-order valence-electron chi connectivity index (χ4n) is 7.26. The fourth-order valence-corrected chi connectivity index (χ4v) is 8.39. The van der Waals surface area contributed by atoms with E-state index in [4.69, 9.17) is 16.5 Å². The molecule has 0 bridgehead atoms. The van der Waals surface area contributed by atoms with E-state index in [9.17, 15) is 0 Å². The number of benzene rings is 7. The number of hydrogen-bond donors (Lipinski definition) is 2. The van der Waals surface area contributed by atoms with E-state index in [2.05, 4.69) is 126 Å². The first-order valence-electron chi connectivity index (χ1n) is 16.8. The van der Waals surface area contributed by atoms with E-state index in [1.54, 1.807) is 0 Å². The molecule has 4 nitrogen and oxygen atoms in total. The Morgan fingerprint density at radius 1 is 0.560 bits per heavy atom. The van der Waals surface area contributed by atoms with Gasteiger partial charge in [0.1, 0.15) is 11.5 Å². The molecule has 0 amide bonds. The van der Waals surface area contributed by atoms with Crippen LogP contribution in [0.4, 0.5) is 0 Å². The predicted octanol–water partition coefficient (Wildman–Crippen LogP) is 10.6. The van der Waals surface area contributed by atoms with Gasteiger partial charge in [0.05, 0.1) is 11.0 Å². The Hall–Kier alpha value is -6.01. The van der Waals surface area contributed by atoms with E-state index in [0.717, 1.165) is 44.5 Å². The van der Waals surface area contributed by atoms with Crippen molar-refractivity contribution >= 4 is 59.2 Å². The number of aliphatic imine (C=N–C) groups is 1. The minimum Gasteiger partial charge on any atom is -0.383 e. The second kappa shape index (κ2) is 12.1. The summed E-state index contributed by atoms with van der Waals surface area (Å²) >= 11 is 1.85. The Labute approximate surface area is 294 Å². The van der Waals surface area contributed by atoms with E-state index in [0.29, 0.717) is 12.3 Å². The minimum atomic E-state index is -1.14. The number of amidine groups is 1. The average molecular weight is 663 g/mol. The average Bonchev–Trinajstić information content (AvgIpc) is 3.69. The Morgan fingerprint density at radius 3 is 2.10 bits per heavy atom. The maximum atomic E-state index is 7.43. The van der Waals surface area contributed by atoms with Crippen LogP contribution in [-0.2, 0) is 12.1 Å². The minimum absolute atomic E-state index is 0.398. The topological polar surface area (TPSA) is 69.3 Å². The van der Waals surface area contributed by atoms with E-state index >= 15 is 0 Å². The monoisotopic (exact) mass is 662 g/mol. The summed E-state index contributed by atoms with van der Waals surface area (Å²) < 4.78 is 4.95. The summed E-state index contributed by atoms with van der Waals surface area (Å²) in [5.41, 5.74) is 21.5. The van der Waals surface area contributed by atoms with Gasteiger partial charge in [-0.25, -0.2) is 4.99 Å². The molecular weight excluding hydrogens is 629 g/mol. The van der Waals surface area contributed by atoms with Gasteiger partial charge in [-0.05, 0) is 64.7 Å². The Bertz CT molecular complexity index is 2710. The normalized spacial score (nSPS) is 13.3. The summed E-state index contributed by atoms with van der Waals surface area (Å²) in [6.45, 7) is 0. The Balaban J connectivity index is 1.21.